The van der Waals surface area contributed by atoms with Crippen LogP contribution in [0.5, 0.6) is 0 Å². The van der Waals surface area contributed by atoms with Crippen LogP contribution >= 0.6 is 11.6 Å². The molecule has 0 saturated heterocycles. The van der Waals surface area contributed by atoms with Crippen LogP contribution in [0.25, 0.3) is 0 Å². The van der Waals surface area contributed by atoms with E-state index in [-0.39, 0.29) is 25.7 Å². The van der Waals surface area contributed by atoms with Gasteiger partial charge >= 0.3 is 11.9 Å². The molecule has 0 aliphatic rings. The number of carbonyl (C=O) groups is 3. The zero-order valence-electron chi connectivity index (χ0n) is 11.2. The predicted molar refractivity (Wildman–Crippen MR) is 76.2 cm³/mol. The van der Waals surface area contributed by atoms with Gasteiger partial charge in [-0.2, -0.15) is 0 Å². The van der Waals surface area contributed by atoms with E-state index in [1.807, 2.05) is 0 Å². The van der Waals surface area contributed by atoms with Gasteiger partial charge in [-0.15, -0.1) is 0 Å². The van der Waals surface area contributed by atoms with E-state index in [0.29, 0.717) is 10.6 Å². The Morgan fingerprint density at radius 1 is 1.19 bits per heavy atom. The average Bonchev–Trinajstić information content (AvgIpc) is 2.39. The number of halogens is 1. The lowest BCUT2D eigenvalue weighted by Gasteiger charge is -2.14. The summed E-state index contributed by atoms with van der Waals surface area (Å²) in [6.45, 7) is 0. The number of carboxylic acids is 2. The molecule has 0 aliphatic heterocycles. The van der Waals surface area contributed by atoms with E-state index >= 15 is 0 Å². The summed E-state index contributed by atoms with van der Waals surface area (Å²) in [5.74, 6) is -2.65. The third-order valence-corrected chi connectivity index (χ3v) is 3.19. The lowest BCUT2D eigenvalue weighted by Crippen LogP contribution is -2.41. The van der Waals surface area contributed by atoms with E-state index in [1.54, 1.807) is 24.3 Å². The van der Waals surface area contributed by atoms with E-state index in [0.717, 1.165) is 0 Å². The Balaban J connectivity index is 2.54. The molecule has 114 valence electrons. The summed E-state index contributed by atoms with van der Waals surface area (Å²) in [5.41, 5.74) is 0.603. The molecule has 1 amide bonds. The maximum atomic E-state index is 11.8. The number of carbonyl (C=O) groups excluding carboxylic acids is 1. The van der Waals surface area contributed by atoms with Gasteiger partial charge in [-0.05, 0) is 24.5 Å². The van der Waals surface area contributed by atoms with Gasteiger partial charge in [-0.1, -0.05) is 29.8 Å². The lowest BCUT2D eigenvalue weighted by atomic mass is 10.1. The first kappa shape index (κ1) is 17.0. The highest BCUT2D eigenvalue weighted by molar-refractivity contribution is 6.31. The van der Waals surface area contributed by atoms with Gasteiger partial charge in [0, 0.05) is 11.4 Å². The quantitative estimate of drug-likeness (QED) is 0.678. The van der Waals surface area contributed by atoms with Gasteiger partial charge in [-0.3, -0.25) is 9.59 Å². The number of nitrogens with one attached hydrogen (secondary N) is 1. The summed E-state index contributed by atoms with van der Waals surface area (Å²) in [7, 11) is 0. The van der Waals surface area contributed by atoms with Crippen LogP contribution in [0.15, 0.2) is 24.3 Å². The molecule has 21 heavy (non-hydrogen) atoms. The summed E-state index contributed by atoms with van der Waals surface area (Å²) in [5, 5.41) is 20.4. The van der Waals surface area contributed by atoms with Crippen molar-refractivity contribution in [3.8, 4) is 0 Å². The normalized spacial score (nSPS) is 11.7. The largest absolute Gasteiger partial charge is 0.481 e. The first-order chi connectivity index (χ1) is 9.90. The molecule has 0 unspecified atom stereocenters. The molecule has 6 nitrogen and oxygen atoms in total. The molecule has 0 aliphatic carbocycles. The fourth-order valence-corrected chi connectivity index (χ4v) is 1.98. The minimum absolute atomic E-state index is 0.0254. The van der Waals surface area contributed by atoms with Crippen LogP contribution in [0.4, 0.5) is 0 Å². The summed E-state index contributed by atoms with van der Waals surface area (Å²) in [6, 6.07) is 5.69. The molecule has 7 heteroatoms. The molecule has 0 aromatic heterocycles. The fourth-order valence-electron chi connectivity index (χ4n) is 1.77. The van der Waals surface area contributed by atoms with Gasteiger partial charge < -0.3 is 15.5 Å². The van der Waals surface area contributed by atoms with Crippen LogP contribution in [0.2, 0.25) is 5.02 Å². The predicted octanol–water partition coefficient (Wildman–Crippen LogP) is 1.71. The molecule has 0 fully saturated rings. The molecule has 0 spiro atoms. The summed E-state index contributed by atoms with van der Waals surface area (Å²) < 4.78 is 0. The van der Waals surface area contributed by atoms with Crippen molar-refractivity contribution in [2.45, 2.75) is 31.7 Å². The Morgan fingerprint density at radius 2 is 1.86 bits per heavy atom. The number of hydrogen-bond acceptors (Lipinski definition) is 3. The summed E-state index contributed by atoms with van der Waals surface area (Å²) in [6.07, 6.45) is 0.0844. The first-order valence-corrected chi connectivity index (χ1v) is 6.75. The van der Waals surface area contributed by atoms with Crippen molar-refractivity contribution in [2.75, 3.05) is 0 Å². The maximum Gasteiger partial charge on any atom is 0.326 e. The molecule has 0 radical (unpaired) electrons. The monoisotopic (exact) mass is 313 g/mol. The Bertz CT molecular complexity index is 532. The van der Waals surface area contributed by atoms with E-state index in [4.69, 9.17) is 21.8 Å². The zero-order chi connectivity index (χ0) is 15.8. The first-order valence-electron chi connectivity index (χ1n) is 6.37. The van der Waals surface area contributed by atoms with Gasteiger partial charge in [0.15, 0.2) is 0 Å². The van der Waals surface area contributed by atoms with Crippen molar-refractivity contribution in [3.63, 3.8) is 0 Å². The fraction of sp³-hybridized carbons (Fsp3) is 0.357. The Hall–Kier alpha value is -2.08. The highest BCUT2D eigenvalue weighted by Crippen LogP contribution is 2.15. The van der Waals surface area contributed by atoms with Gasteiger partial charge in [0.25, 0.3) is 0 Å². The smallest absolute Gasteiger partial charge is 0.326 e. The van der Waals surface area contributed by atoms with Gasteiger partial charge in [0.2, 0.25) is 5.91 Å². The van der Waals surface area contributed by atoms with E-state index < -0.39 is 23.9 Å². The third-order valence-electron chi connectivity index (χ3n) is 2.83. The number of carboxylic acid groups (broad SMARTS) is 2. The van der Waals surface area contributed by atoms with Crippen molar-refractivity contribution >= 4 is 29.4 Å². The topological polar surface area (TPSA) is 104 Å². The van der Waals surface area contributed by atoms with Crippen LogP contribution in [-0.2, 0) is 20.8 Å². The molecule has 1 atom stereocenters. The van der Waals surface area contributed by atoms with Crippen LogP contribution in [-0.4, -0.2) is 34.1 Å². The van der Waals surface area contributed by atoms with Crippen LogP contribution in [0, 0.1) is 0 Å². The zero-order valence-corrected chi connectivity index (χ0v) is 12.0. The SMILES string of the molecule is O=C(O)CCC[C@@H](NC(=O)Cc1ccccc1Cl)C(=O)O. The third kappa shape index (κ3) is 6.27. The van der Waals surface area contributed by atoms with Crippen LogP contribution in [0.1, 0.15) is 24.8 Å². The molecular weight excluding hydrogens is 298 g/mol. The lowest BCUT2D eigenvalue weighted by molar-refractivity contribution is -0.142. The summed E-state index contributed by atoms with van der Waals surface area (Å²) in [4.78, 5) is 33.3. The number of amides is 1. The minimum atomic E-state index is -1.19. The van der Waals surface area contributed by atoms with E-state index in [9.17, 15) is 14.4 Å². The molecule has 0 heterocycles. The van der Waals surface area contributed by atoms with E-state index in [1.165, 1.54) is 0 Å². The summed E-state index contributed by atoms with van der Waals surface area (Å²) >= 11 is 5.92. The van der Waals surface area contributed by atoms with Crippen molar-refractivity contribution in [2.24, 2.45) is 0 Å². The van der Waals surface area contributed by atoms with Crippen LogP contribution in [0.3, 0.4) is 0 Å². The standard InChI is InChI=1S/C14H16ClNO5/c15-10-5-2-1-4-9(10)8-12(17)16-11(14(20)21)6-3-7-13(18)19/h1-2,4-5,11H,3,6-8H2,(H,16,17)(H,18,19)(H,20,21)/t11-/m1/s1. The van der Waals surface area contributed by atoms with Crippen molar-refractivity contribution in [3.05, 3.63) is 34.9 Å². The van der Waals surface area contributed by atoms with Gasteiger partial charge in [-0.25, -0.2) is 4.79 Å². The van der Waals surface area contributed by atoms with Crippen LogP contribution < -0.4 is 5.32 Å². The van der Waals surface area contributed by atoms with Crippen molar-refractivity contribution < 1.29 is 24.6 Å². The second kappa shape index (κ2) is 8.26. The maximum absolute atomic E-state index is 11.8. The van der Waals surface area contributed by atoms with Gasteiger partial charge in [0.05, 0.1) is 6.42 Å². The molecule has 1 aromatic rings. The Labute approximate surface area is 126 Å². The van der Waals surface area contributed by atoms with Gasteiger partial charge in [0.1, 0.15) is 6.04 Å². The Morgan fingerprint density at radius 3 is 2.43 bits per heavy atom. The van der Waals surface area contributed by atoms with Crippen molar-refractivity contribution in [1.29, 1.82) is 0 Å². The number of aliphatic carboxylic acids is 2. The Kier molecular flexibility index (Phi) is 6.68. The second-order valence-electron chi connectivity index (χ2n) is 4.51. The molecule has 0 bridgehead atoms. The molecule has 0 saturated carbocycles. The highest BCUT2D eigenvalue weighted by Gasteiger charge is 2.20. The second-order valence-corrected chi connectivity index (χ2v) is 4.92. The highest BCUT2D eigenvalue weighted by atomic mass is 35.5. The van der Waals surface area contributed by atoms with Crippen molar-refractivity contribution in [1.82, 2.24) is 5.32 Å². The average molecular weight is 314 g/mol. The molecule has 1 aromatic carbocycles. The molecule has 1 rings (SSSR count). The molecular formula is C14H16ClNO5. The molecule has 3 N–H and O–H groups in total. The number of hydrogen-bond donors (Lipinski definition) is 3. The number of rotatable bonds is 8. The number of benzene rings is 1. The minimum Gasteiger partial charge on any atom is -0.481 e. The van der Waals surface area contributed by atoms with E-state index in [2.05, 4.69) is 5.32 Å².